The molecule has 1 atom stereocenters. The minimum absolute atomic E-state index is 0.384. The van der Waals surface area contributed by atoms with Gasteiger partial charge in [-0.1, -0.05) is 0 Å². The summed E-state index contributed by atoms with van der Waals surface area (Å²) < 4.78 is 0. The molecular weight excluding hydrogens is 268 g/mol. The van der Waals surface area contributed by atoms with Crippen molar-refractivity contribution in [2.24, 2.45) is 5.73 Å². The summed E-state index contributed by atoms with van der Waals surface area (Å²) in [5.74, 6) is 0.0402. The number of aryl methyl sites for hydroxylation is 2. The van der Waals surface area contributed by atoms with Gasteiger partial charge in [-0.05, 0) is 25.5 Å². The lowest BCUT2D eigenvalue weighted by atomic mass is 10.1. The highest BCUT2D eigenvalue weighted by Gasteiger charge is 2.18. The smallest absolute Gasteiger partial charge is 0.240 e. The Hall–Kier alpha value is -2.88. The van der Waals surface area contributed by atoms with Gasteiger partial charge in [-0.25, -0.2) is 9.97 Å². The van der Waals surface area contributed by atoms with Crippen molar-refractivity contribution in [1.29, 1.82) is 5.26 Å². The van der Waals surface area contributed by atoms with Crippen LogP contribution in [-0.2, 0) is 11.2 Å². The van der Waals surface area contributed by atoms with Crippen molar-refractivity contribution in [2.75, 3.05) is 5.32 Å². The number of aromatic amines is 1. The quantitative estimate of drug-likeness (QED) is 0.750. The number of hydrogen-bond acceptors (Lipinski definition) is 5. The maximum atomic E-state index is 11.6. The van der Waals surface area contributed by atoms with E-state index in [0.29, 0.717) is 23.5 Å². The number of imidazole rings is 1. The van der Waals surface area contributed by atoms with E-state index in [2.05, 4.69) is 26.3 Å². The number of aromatic nitrogens is 3. The van der Waals surface area contributed by atoms with Crippen LogP contribution in [0.1, 0.15) is 22.5 Å². The molecule has 0 saturated carbocycles. The summed E-state index contributed by atoms with van der Waals surface area (Å²) in [6, 6.07) is 3.23. The molecular formula is C14H16N6O. The Balaban J connectivity index is 2.21. The molecule has 2 heterocycles. The molecule has 2 aromatic rings. The van der Waals surface area contributed by atoms with Gasteiger partial charge in [-0.3, -0.25) is 4.79 Å². The molecule has 1 amide bonds. The van der Waals surface area contributed by atoms with Gasteiger partial charge in [-0.2, -0.15) is 5.26 Å². The Morgan fingerprint density at radius 1 is 1.57 bits per heavy atom. The summed E-state index contributed by atoms with van der Waals surface area (Å²) in [5.41, 5.74) is 8.18. The summed E-state index contributed by atoms with van der Waals surface area (Å²) in [6.07, 6.45) is 3.57. The van der Waals surface area contributed by atoms with Gasteiger partial charge in [0.2, 0.25) is 5.91 Å². The van der Waals surface area contributed by atoms with Gasteiger partial charge in [0.05, 0.1) is 17.6 Å². The highest BCUT2D eigenvalue weighted by Crippen LogP contribution is 2.16. The van der Waals surface area contributed by atoms with E-state index in [-0.39, 0.29) is 0 Å². The summed E-state index contributed by atoms with van der Waals surface area (Å²) in [5, 5.41) is 12.0. The second-order valence-corrected chi connectivity index (χ2v) is 4.78. The number of carbonyl (C=O) groups is 1. The van der Waals surface area contributed by atoms with Crippen LogP contribution < -0.4 is 11.1 Å². The molecule has 7 heteroatoms. The Kier molecular flexibility index (Phi) is 4.18. The van der Waals surface area contributed by atoms with Gasteiger partial charge in [-0.15, -0.1) is 0 Å². The Morgan fingerprint density at radius 2 is 2.33 bits per heavy atom. The topological polar surface area (TPSA) is 120 Å². The van der Waals surface area contributed by atoms with Crippen LogP contribution >= 0.6 is 0 Å². The molecule has 21 heavy (non-hydrogen) atoms. The second kappa shape index (κ2) is 6.05. The average Bonchev–Trinajstić information content (AvgIpc) is 2.90. The normalized spacial score (nSPS) is 11.7. The van der Waals surface area contributed by atoms with Crippen molar-refractivity contribution in [3.8, 4) is 6.07 Å². The van der Waals surface area contributed by atoms with Crippen LogP contribution in [0.5, 0.6) is 0 Å². The van der Waals surface area contributed by atoms with Crippen molar-refractivity contribution in [3.05, 3.63) is 41.1 Å². The Morgan fingerprint density at radius 3 is 2.86 bits per heavy atom. The molecule has 0 aliphatic carbocycles. The number of primary amides is 1. The summed E-state index contributed by atoms with van der Waals surface area (Å²) in [4.78, 5) is 22.7. The Bertz CT molecular complexity index is 663. The van der Waals surface area contributed by atoms with Gasteiger partial charge in [0.15, 0.2) is 0 Å². The fourth-order valence-electron chi connectivity index (χ4n) is 2.09. The van der Waals surface area contributed by atoms with Crippen LogP contribution in [0.2, 0.25) is 0 Å². The van der Waals surface area contributed by atoms with Gasteiger partial charge in [0.1, 0.15) is 17.9 Å². The van der Waals surface area contributed by atoms with Gasteiger partial charge in [0.25, 0.3) is 0 Å². The number of nitrogens with one attached hydrogen (secondary N) is 2. The molecule has 0 saturated heterocycles. The minimum atomic E-state index is -0.607. The summed E-state index contributed by atoms with van der Waals surface area (Å²) in [7, 11) is 0. The maximum absolute atomic E-state index is 11.6. The molecule has 0 aliphatic rings. The van der Waals surface area contributed by atoms with Crippen molar-refractivity contribution >= 4 is 11.7 Å². The molecule has 0 radical (unpaired) electrons. The number of anilines is 1. The largest absolute Gasteiger partial charge is 0.368 e. The van der Waals surface area contributed by atoms with E-state index in [0.717, 1.165) is 11.3 Å². The lowest BCUT2D eigenvalue weighted by Crippen LogP contribution is -2.37. The van der Waals surface area contributed by atoms with Crippen molar-refractivity contribution in [3.63, 3.8) is 0 Å². The van der Waals surface area contributed by atoms with Crippen LogP contribution in [0.3, 0.4) is 0 Å². The molecule has 4 N–H and O–H groups in total. The predicted octanol–water partition coefficient (Wildman–Crippen LogP) is 0.802. The molecule has 0 fully saturated rings. The standard InChI is InChI=1S/C14H16N6O/c1-8-3-13(19-9(2)11(8)5-15)20-12(14(16)21)4-10-6-17-7-18-10/h3,6-7,12H,4H2,1-2H3,(H2,16,21)(H,17,18)(H,19,20)/t12-/m0/s1. The fraction of sp³-hybridized carbons (Fsp3) is 0.286. The monoisotopic (exact) mass is 284 g/mol. The zero-order valence-electron chi connectivity index (χ0n) is 11.8. The average molecular weight is 284 g/mol. The maximum Gasteiger partial charge on any atom is 0.240 e. The van der Waals surface area contributed by atoms with E-state index >= 15 is 0 Å². The van der Waals surface area contributed by atoms with Gasteiger partial charge < -0.3 is 16.0 Å². The Labute approximate surface area is 122 Å². The molecule has 0 bridgehead atoms. The van der Waals surface area contributed by atoms with E-state index in [4.69, 9.17) is 11.0 Å². The highest BCUT2D eigenvalue weighted by atomic mass is 16.1. The van der Waals surface area contributed by atoms with E-state index in [9.17, 15) is 4.79 Å². The van der Waals surface area contributed by atoms with Gasteiger partial charge >= 0.3 is 0 Å². The van der Waals surface area contributed by atoms with Crippen molar-refractivity contribution in [1.82, 2.24) is 15.0 Å². The lowest BCUT2D eigenvalue weighted by molar-refractivity contribution is -0.118. The lowest BCUT2D eigenvalue weighted by Gasteiger charge is -2.16. The van der Waals surface area contributed by atoms with Gasteiger partial charge in [0, 0.05) is 18.3 Å². The number of nitrogens with two attached hydrogens (primary N) is 1. The van der Waals surface area contributed by atoms with E-state index in [1.54, 1.807) is 25.5 Å². The summed E-state index contributed by atoms with van der Waals surface area (Å²) >= 11 is 0. The fourth-order valence-corrected chi connectivity index (χ4v) is 2.09. The zero-order valence-corrected chi connectivity index (χ0v) is 11.8. The first-order chi connectivity index (χ1) is 10.0. The first-order valence-electron chi connectivity index (χ1n) is 6.42. The van der Waals surface area contributed by atoms with Crippen molar-refractivity contribution in [2.45, 2.75) is 26.3 Å². The number of nitriles is 1. The molecule has 0 spiro atoms. The molecule has 0 aromatic carbocycles. The molecule has 0 unspecified atom stereocenters. The molecule has 0 aliphatic heterocycles. The minimum Gasteiger partial charge on any atom is -0.368 e. The summed E-state index contributed by atoms with van der Waals surface area (Å²) in [6.45, 7) is 3.58. The number of H-pyrrole nitrogens is 1. The first-order valence-corrected chi connectivity index (χ1v) is 6.42. The number of rotatable bonds is 5. The zero-order chi connectivity index (χ0) is 15.4. The number of nitrogens with zero attached hydrogens (tertiary/aromatic N) is 3. The van der Waals surface area contributed by atoms with Crippen LogP contribution in [-0.4, -0.2) is 26.9 Å². The molecule has 2 rings (SSSR count). The van der Waals surface area contributed by atoms with Crippen LogP contribution in [0.25, 0.3) is 0 Å². The second-order valence-electron chi connectivity index (χ2n) is 4.78. The third-order valence-corrected chi connectivity index (χ3v) is 3.15. The predicted molar refractivity (Wildman–Crippen MR) is 77.3 cm³/mol. The third kappa shape index (κ3) is 3.36. The molecule has 2 aromatic heterocycles. The third-order valence-electron chi connectivity index (χ3n) is 3.15. The van der Waals surface area contributed by atoms with E-state index in [1.807, 2.05) is 6.92 Å². The number of carbonyl (C=O) groups excluding carboxylic acids is 1. The first kappa shape index (κ1) is 14.5. The van der Waals surface area contributed by atoms with Crippen LogP contribution in [0.15, 0.2) is 18.6 Å². The SMILES string of the molecule is Cc1cc(N[C@@H](Cc2cnc[nH]2)C(N)=O)nc(C)c1C#N. The molecule has 108 valence electrons. The number of hydrogen-bond donors (Lipinski definition) is 3. The highest BCUT2D eigenvalue weighted by molar-refractivity contribution is 5.83. The molecule has 7 nitrogen and oxygen atoms in total. The number of pyridine rings is 1. The van der Waals surface area contributed by atoms with E-state index < -0.39 is 11.9 Å². The number of amides is 1. The van der Waals surface area contributed by atoms with Crippen LogP contribution in [0.4, 0.5) is 5.82 Å². The van der Waals surface area contributed by atoms with Crippen LogP contribution in [0, 0.1) is 25.2 Å². The van der Waals surface area contributed by atoms with E-state index in [1.165, 1.54) is 0 Å². The van der Waals surface area contributed by atoms with Crippen molar-refractivity contribution < 1.29 is 4.79 Å².